The van der Waals surface area contributed by atoms with Crippen LogP contribution in [-0.2, 0) is 16.1 Å². The van der Waals surface area contributed by atoms with Crippen LogP contribution in [0, 0.1) is 11.7 Å². The van der Waals surface area contributed by atoms with Crippen LogP contribution in [0.1, 0.15) is 18.4 Å². The number of piperidine rings is 1. The molecular formula is C30H32BrFN4O4. The van der Waals surface area contributed by atoms with E-state index in [-0.39, 0.29) is 18.5 Å². The molecule has 3 aromatic rings. The topological polar surface area (TPSA) is 82.2 Å². The molecule has 0 aliphatic carbocycles. The maximum atomic E-state index is 14.1. The van der Waals surface area contributed by atoms with E-state index < -0.39 is 17.6 Å². The third kappa shape index (κ3) is 7.81. The van der Waals surface area contributed by atoms with Gasteiger partial charge in [0.15, 0.2) is 0 Å². The fourth-order valence-electron chi connectivity index (χ4n) is 4.57. The van der Waals surface area contributed by atoms with Crippen LogP contribution < -0.4 is 10.1 Å². The average Bonchev–Trinajstić information content (AvgIpc) is 2.95. The van der Waals surface area contributed by atoms with E-state index in [1.807, 2.05) is 42.5 Å². The van der Waals surface area contributed by atoms with Crippen molar-refractivity contribution in [1.29, 1.82) is 0 Å². The maximum Gasteiger partial charge on any atom is 0.321 e. The minimum absolute atomic E-state index is 0.00303. The lowest BCUT2D eigenvalue weighted by molar-refractivity contribution is -0.151. The molecule has 1 aliphatic rings. The Kier molecular flexibility index (Phi) is 9.76. The number of halogens is 2. The number of ether oxygens (including phenoxy) is 1. The number of hydrogen-bond acceptors (Lipinski definition) is 4. The highest BCUT2D eigenvalue weighted by molar-refractivity contribution is 9.10. The van der Waals surface area contributed by atoms with Crippen molar-refractivity contribution in [3.8, 4) is 11.5 Å². The van der Waals surface area contributed by atoms with Crippen molar-refractivity contribution in [1.82, 2.24) is 14.7 Å². The Morgan fingerprint density at radius 1 is 0.950 bits per heavy atom. The minimum Gasteiger partial charge on any atom is -0.457 e. The van der Waals surface area contributed by atoms with Crippen LogP contribution in [0.5, 0.6) is 11.5 Å². The monoisotopic (exact) mass is 610 g/mol. The van der Waals surface area contributed by atoms with Gasteiger partial charge in [-0.15, -0.1) is 0 Å². The summed E-state index contributed by atoms with van der Waals surface area (Å²) in [6, 6.07) is 20.4. The van der Waals surface area contributed by atoms with Gasteiger partial charge in [0.1, 0.15) is 17.3 Å². The summed E-state index contributed by atoms with van der Waals surface area (Å²) in [6.07, 6.45) is 1.45. The lowest BCUT2D eigenvalue weighted by atomic mass is 9.96. The quantitative estimate of drug-likeness (QED) is 0.346. The van der Waals surface area contributed by atoms with Crippen LogP contribution in [0.3, 0.4) is 0 Å². The fourth-order valence-corrected chi connectivity index (χ4v) is 4.83. The molecule has 40 heavy (non-hydrogen) atoms. The first-order valence-electron chi connectivity index (χ1n) is 13.0. The molecule has 0 saturated carbocycles. The summed E-state index contributed by atoms with van der Waals surface area (Å²) in [5, 5.41) is 2.89. The fraction of sp³-hybridized carbons (Fsp3) is 0.300. The minimum atomic E-state index is -0.693. The van der Waals surface area contributed by atoms with Crippen molar-refractivity contribution in [2.75, 3.05) is 39.0 Å². The molecule has 1 fully saturated rings. The Hall–Kier alpha value is -3.92. The van der Waals surface area contributed by atoms with Gasteiger partial charge < -0.3 is 24.8 Å². The molecule has 10 heteroatoms. The normalized spacial score (nSPS) is 13.4. The Balaban J connectivity index is 1.28. The number of nitrogens with one attached hydrogen (secondary N) is 1. The van der Waals surface area contributed by atoms with Crippen LogP contribution in [0.2, 0.25) is 0 Å². The van der Waals surface area contributed by atoms with Crippen molar-refractivity contribution in [2.45, 2.75) is 19.4 Å². The highest BCUT2D eigenvalue weighted by Crippen LogP contribution is 2.28. The summed E-state index contributed by atoms with van der Waals surface area (Å²) >= 11 is 3.38. The van der Waals surface area contributed by atoms with Gasteiger partial charge in [0.25, 0.3) is 0 Å². The van der Waals surface area contributed by atoms with Crippen LogP contribution in [0.25, 0.3) is 0 Å². The standard InChI is InChI=1S/C30H32BrFN4O4/c1-34(19-21-14-16-36(17-15-21)30(39)33-25-6-4-3-5-7-25)28(37)29(38)35(2)20-22-18-24(32)10-13-27(22)40-26-11-8-23(31)9-12-26/h3-13,18,21H,14-17,19-20H2,1-2H3,(H,33,39). The molecule has 0 aromatic heterocycles. The second-order valence-electron chi connectivity index (χ2n) is 9.88. The van der Waals surface area contributed by atoms with E-state index in [4.69, 9.17) is 4.74 Å². The van der Waals surface area contributed by atoms with Crippen LogP contribution in [0.15, 0.2) is 77.3 Å². The lowest BCUT2D eigenvalue weighted by Crippen LogP contribution is -2.46. The number of hydrogen-bond donors (Lipinski definition) is 1. The Bertz CT molecular complexity index is 1330. The van der Waals surface area contributed by atoms with E-state index in [2.05, 4.69) is 21.2 Å². The molecule has 8 nitrogen and oxygen atoms in total. The Morgan fingerprint density at radius 2 is 1.60 bits per heavy atom. The highest BCUT2D eigenvalue weighted by Gasteiger charge is 2.28. The molecular weight excluding hydrogens is 579 g/mol. The lowest BCUT2D eigenvalue weighted by Gasteiger charge is -2.34. The van der Waals surface area contributed by atoms with Crippen molar-refractivity contribution in [3.63, 3.8) is 0 Å². The SMILES string of the molecule is CN(Cc1cc(F)ccc1Oc1ccc(Br)cc1)C(=O)C(=O)N(C)CC1CCN(C(=O)Nc2ccccc2)CC1. The number of urea groups is 1. The molecule has 0 bridgehead atoms. The summed E-state index contributed by atoms with van der Waals surface area (Å²) in [4.78, 5) is 42.9. The van der Waals surface area contributed by atoms with Gasteiger partial charge in [-0.3, -0.25) is 9.59 Å². The number of benzene rings is 3. The number of nitrogens with zero attached hydrogens (tertiary/aromatic N) is 3. The molecule has 0 radical (unpaired) electrons. The first-order chi connectivity index (χ1) is 19.2. The average molecular weight is 612 g/mol. The van der Waals surface area contributed by atoms with E-state index in [0.29, 0.717) is 36.7 Å². The number of rotatable bonds is 7. The van der Waals surface area contributed by atoms with Gasteiger partial charge in [-0.1, -0.05) is 34.1 Å². The zero-order chi connectivity index (χ0) is 28.6. The molecule has 1 saturated heterocycles. The zero-order valence-corrected chi connectivity index (χ0v) is 24.1. The molecule has 3 aromatic carbocycles. The van der Waals surface area contributed by atoms with Crippen LogP contribution in [0.4, 0.5) is 14.9 Å². The van der Waals surface area contributed by atoms with Gasteiger partial charge in [-0.05, 0) is 73.4 Å². The second-order valence-corrected chi connectivity index (χ2v) is 10.8. The van der Waals surface area contributed by atoms with E-state index in [0.717, 1.165) is 23.0 Å². The van der Waals surface area contributed by atoms with E-state index in [9.17, 15) is 18.8 Å². The smallest absolute Gasteiger partial charge is 0.321 e. The molecule has 1 heterocycles. The highest BCUT2D eigenvalue weighted by atomic mass is 79.9. The van der Waals surface area contributed by atoms with Crippen molar-refractivity contribution >= 4 is 39.5 Å². The second kappa shape index (κ2) is 13.4. The zero-order valence-electron chi connectivity index (χ0n) is 22.5. The number of anilines is 1. The number of likely N-dealkylation sites (tertiary alicyclic amines) is 1. The van der Waals surface area contributed by atoms with E-state index >= 15 is 0 Å². The number of para-hydroxylation sites is 1. The summed E-state index contributed by atoms with van der Waals surface area (Å²) in [7, 11) is 3.11. The first-order valence-corrected chi connectivity index (χ1v) is 13.8. The first kappa shape index (κ1) is 29.1. The van der Waals surface area contributed by atoms with Gasteiger partial charge in [0, 0.05) is 56.0 Å². The third-order valence-electron chi connectivity index (χ3n) is 6.81. The summed E-state index contributed by atoms with van der Waals surface area (Å²) in [5.41, 5.74) is 1.18. The number of carbonyl (C=O) groups excluding carboxylic acids is 3. The van der Waals surface area contributed by atoms with E-state index in [1.165, 1.54) is 35.0 Å². The summed E-state index contributed by atoms with van der Waals surface area (Å²) in [5.74, 6) is -0.676. The molecule has 4 rings (SSSR count). The maximum absolute atomic E-state index is 14.1. The van der Waals surface area contributed by atoms with Gasteiger partial charge >= 0.3 is 17.8 Å². The number of carbonyl (C=O) groups is 3. The Labute approximate surface area is 241 Å². The summed E-state index contributed by atoms with van der Waals surface area (Å²) < 4.78 is 20.9. The van der Waals surface area contributed by atoms with Gasteiger partial charge in [0.05, 0.1) is 0 Å². The van der Waals surface area contributed by atoms with Gasteiger partial charge in [-0.25, -0.2) is 9.18 Å². The molecule has 0 atom stereocenters. The molecule has 1 aliphatic heterocycles. The molecule has 0 spiro atoms. The number of likely N-dealkylation sites (N-methyl/N-ethyl adjacent to an activating group) is 2. The largest absolute Gasteiger partial charge is 0.457 e. The Morgan fingerprint density at radius 3 is 2.27 bits per heavy atom. The number of amides is 4. The third-order valence-corrected chi connectivity index (χ3v) is 7.34. The van der Waals surface area contributed by atoms with E-state index in [1.54, 1.807) is 24.1 Å². The van der Waals surface area contributed by atoms with Crippen molar-refractivity contribution < 1.29 is 23.5 Å². The van der Waals surface area contributed by atoms with Crippen LogP contribution >= 0.6 is 15.9 Å². The molecule has 1 N–H and O–H groups in total. The molecule has 0 unspecified atom stereocenters. The van der Waals surface area contributed by atoms with Crippen molar-refractivity contribution in [3.05, 3.63) is 88.6 Å². The van der Waals surface area contributed by atoms with Gasteiger partial charge in [0.2, 0.25) is 0 Å². The van der Waals surface area contributed by atoms with Gasteiger partial charge in [-0.2, -0.15) is 0 Å². The van der Waals surface area contributed by atoms with Crippen LogP contribution in [-0.4, -0.2) is 66.3 Å². The predicted molar refractivity (Wildman–Crippen MR) is 154 cm³/mol. The molecule has 210 valence electrons. The van der Waals surface area contributed by atoms with Crippen molar-refractivity contribution in [2.24, 2.45) is 5.92 Å². The molecule has 4 amide bonds. The predicted octanol–water partition coefficient (Wildman–Crippen LogP) is 5.74. The summed E-state index contributed by atoms with van der Waals surface area (Å²) in [6.45, 7) is 1.54.